The number of aromatic nitrogens is 5. The van der Waals surface area contributed by atoms with Gasteiger partial charge in [-0.25, -0.2) is 14.4 Å². The Morgan fingerprint density at radius 2 is 1.94 bits per heavy atom. The molecule has 4 aliphatic rings. The number of ether oxygens (including phenoxy) is 1. The minimum absolute atomic E-state index is 0.179. The van der Waals surface area contributed by atoms with Crippen molar-refractivity contribution in [3.63, 3.8) is 0 Å². The Kier molecular flexibility index (Phi) is 4.81. The van der Waals surface area contributed by atoms with Crippen LogP contribution in [0.1, 0.15) is 23.5 Å². The first-order valence-corrected chi connectivity index (χ1v) is 12.4. The standard InChI is InChI=1S/C24H26ClFN8O/c1-15-19(26)7-27-22(28-15)32-11-24(12-32)13-33(14-24)23-30-29-21-9-31(18-4-5-35-10-18)8-16-6-17(25)2-3-20(16)34(21)23/h2-3,6-7,18H,4-5,8-14H2,1H3/t18-/m0/s1. The molecule has 7 rings (SSSR count). The molecule has 1 spiro atoms. The number of nitrogens with zero attached hydrogens (tertiary/aromatic N) is 8. The molecule has 3 saturated heterocycles. The lowest BCUT2D eigenvalue weighted by atomic mass is 9.73. The van der Waals surface area contributed by atoms with Gasteiger partial charge in [0.2, 0.25) is 11.9 Å². The number of hydrogen-bond donors (Lipinski definition) is 0. The minimum Gasteiger partial charge on any atom is -0.380 e. The molecule has 0 unspecified atom stereocenters. The van der Waals surface area contributed by atoms with Crippen LogP contribution in [-0.4, -0.2) is 75.1 Å². The summed E-state index contributed by atoms with van der Waals surface area (Å²) in [4.78, 5) is 15.3. The molecule has 0 N–H and O–H groups in total. The van der Waals surface area contributed by atoms with E-state index in [1.54, 1.807) is 6.92 Å². The molecule has 0 bridgehead atoms. The van der Waals surface area contributed by atoms with Crippen molar-refractivity contribution in [2.45, 2.75) is 32.5 Å². The summed E-state index contributed by atoms with van der Waals surface area (Å²) in [6.45, 7) is 8.26. The van der Waals surface area contributed by atoms with E-state index in [0.717, 1.165) is 81.4 Å². The lowest BCUT2D eigenvalue weighted by Gasteiger charge is -2.60. The number of aryl methyl sites for hydroxylation is 1. The molecule has 9 nitrogen and oxygen atoms in total. The van der Waals surface area contributed by atoms with Gasteiger partial charge in [0, 0.05) is 55.8 Å². The number of anilines is 2. The van der Waals surface area contributed by atoms with Crippen LogP contribution in [0.4, 0.5) is 16.3 Å². The van der Waals surface area contributed by atoms with Gasteiger partial charge in [-0.2, -0.15) is 0 Å². The van der Waals surface area contributed by atoms with Crippen molar-refractivity contribution < 1.29 is 9.13 Å². The fourth-order valence-electron chi connectivity index (χ4n) is 5.89. The summed E-state index contributed by atoms with van der Waals surface area (Å²) >= 11 is 6.40. The average molecular weight is 497 g/mol. The zero-order valence-corrected chi connectivity index (χ0v) is 20.2. The lowest BCUT2D eigenvalue weighted by molar-refractivity contribution is 0.133. The van der Waals surface area contributed by atoms with Crippen molar-refractivity contribution in [2.75, 3.05) is 49.2 Å². The summed E-state index contributed by atoms with van der Waals surface area (Å²) in [7, 11) is 0. The Hall–Kier alpha value is -2.82. The van der Waals surface area contributed by atoms with Gasteiger partial charge in [-0.15, -0.1) is 10.2 Å². The Balaban J connectivity index is 1.13. The van der Waals surface area contributed by atoms with Crippen molar-refractivity contribution in [3.05, 3.63) is 52.3 Å². The molecule has 2 aromatic heterocycles. The third-order valence-electron chi connectivity index (χ3n) is 7.71. The monoisotopic (exact) mass is 496 g/mol. The molecule has 0 amide bonds. The van der Waals surface area contributed by atoms with Crippen LogP contribution in [0, 0.1) is 18.2 Å². The highest BCUT2D eigenvalue weighted by atomic mass is 35.5. The highest BCUT2D eigenvalue weighted by Crippen LogP contribution is 2.43. The van der Waals surface area contributed by atoms with E-state index in [1.165, 1.54) is 11.8 Å². The van der Waals surface area contributed by atoms with E-state index < -0.39 is 0 Å². The van der Waals surface area contributed by atoms with E-state index in [1.807, 2.05) is 6.07 Å². The first-order chi connectivity index (χ1) is 17.0. The first kappa shape index (κ1) is 21.5. The second-order valence-electron chi connectivity index (χ2n) is 10.3. The van der Waals surface area contributed by atoms with Crippen molar-refractivity contribution >= 4 is 23.5 Å². The van der Waals surface area contributed by atoms with Crippen LogP contribution >= 0.6 is 11.6 Å². The molecule has 0 radical (unpaired) electrons. The van der Waals surface area contributed by atoms with Gasteiger partial charge in [0.25, 0.3) is 0 Å². The SMILES string of the molecule is Cc1nc(N2CC3(C2)CN(c2nnc4n2-c2ccc(Cl)cc2CN([C@H]2CCOC2)C4)C3)ncc1F. The van der Waals surface area contributed by atoms with Crippen LogP contribution in [0.15, 0.2) is 24.4 Å². The smallest absolute Gasteiger partial charge is 0.231 e. The van der Waals surface area contributed by atoms with E-state index >= 15 is 0 Å². The van der Waals surface area contributed by atoms with Gasteiger partial charge in [0.1, 0.15) is 0 Å². The van der Waals surface area contributed by atoms with Crippen molar-refractivity contribution in [1.82, 2.24) is 29.6 Å². The highest BCUT2D eigenvalue weighted by Gasteiger charge is 2.54. The quantitative estimate of drug-likeness (QED) is 0.548. The van der Waals surface area contributed by atoms with E-state index in [0.29, 0.717) is 17.7 Å². The number of fused-ring (bicyclic) bond motifs is 3. The van der Waals surface area contributed by atoms with Gasteiger partial charge in [-0.05, 0) is 37.1 Å². The Morgan fingerprint density at radius 1 is 1.11 bits per heavy atom. The van der Waals surface area contributed by atoms with E-state index in [-0.39, 0.29) is 11.2 Å². The van der Waals surface area contributed by atoms with Crippen LogP contribution in [0.5, 0.6) is 0 Å². The normalized spacial score (nSPS) is 23.0. The van der Waals surface area contributed by atoms with Crippen molar-refractivity contribution in [2.24, 2.45) is 5.41 Å². The lowest BCUT2D eigenvalue weighted by Crippen LogP contribution is -2.73. The van der Waals surface area contributed by atoms with Gasteiger partial charge in [0.05, 0.1) is 30.7 Å². The van der Waals surface area contributed by atoms with E-state index in [4.69, 9.17) is 16.3 Å². The van der Waals surface area contributed by atoms with Crippen molar-refractivity contribution in [1.29, 1.82) is 0 Å². The minimum atomic E-state index is -0.369. The van der Waals surface area contributed by atoms with Crippen LogP contribution in [0.3, 0.4) is 0 Å². The predicted octanol–water partition coefficient (Wildman–Crippen LogP) is 2.59. The zero-order chi connectivity index (χ0) is 23.7. The molecule has 182 valence electrons. The maximum absolute atomic E-state index is 13.5. The van der Waals surface area contributed by atoms with Gasteiger partial charge >= 0.3 is 0 Å². The molecule has 3 fully saturated rings. The molecule has 3 aromatic rings. The first-order valence-electron chi connectivity index (χ1n) is 12.0. The van der Waals surface area contributed by atoms with E-state index in [2.05, 4.69) is 51.6 Å². The summed E-state index contributed by atoms with van der Waals surface area (Å²) in [5.41, 5.74) is 2.84. The van der Waals surface area contributed by atoms with E-state index in [9.17, 15) is 4.39 Å². The average Bonchev–Trinajstić information content (AvgIpc) is 3.42. The molecular weight excluding hydrogens is 471 g/mol. The van der Waals surface area contributed by atoms with Crippen LogP contribution in [0.2, 0.25) is 5.02 Å². The fraction of sp³-hybridized carbons (Fsp3) is 0.500. The summed E-state index contributed by atoms with van der Waals surface area (Å²) < 4.78 is 21.4. The maximum Gasteiger partial charge on any atom is 0.231 e. The van der Waals surface area contributed by atoms with Gasteiger partial charge in [-0.1, -0.05) is 11.6 Å². The number of hydrogen-bond acceptors (Lipinski definition) is 8. The molecule has 11 heteroatoms. The van der Waals surface area contributed by atoms with Crippen LogP contribution in [-0.2, 0) is 17.8 Å². The molecule has 0 aliphatic carbocycles. The molecular formula is C24H26ClFN8O. The molecule has 1 atom stereocenters. The fourth-order valence-corrected chi connectivity index (χ4v) is 6.08. The molecule has 6 heterocycles. The van der Waals surface area contributed by atoms with Crippen LogP contribution < -0.4 is 9.80 Å². The number of benzene rings is 1. The molecule has 1 aromatic carbocycles. The number of rotatable bonds is 3. The third kappa shape index (κ3) is 3.49. The molecule has 0 saturated carbocycles. The third-order valence-corrected chi connectivity index (χ3v) is 7.95. The Labute approximate surface area is 207 Å². The Bertz CT molecular complexity index is 1290. The van der Waals surface area contributed by atoms with Gasteiger partial charge in [-0.3, -0.25) is 9.47 Å². The Morgan fingerprint density at radius 3 is 2.71 bits per heavy atom. The highest BCUT2D eigenvalue weighted by molar-refractivity contribution is 6.30. The summed E-state index contributed by atoms with van der Waals surface area (Å²) in [5, 5.41) is 10.00. The topological polar surface area (TPSA) is 75.4 Å². The zero-order valence-electron chi connectivity index (χ0n) is 19.5. The molecule has 35 heavy (non-hydrogen) atoms. The van der Waals surface area contributed by atoms with Gasteiger partial charge < -0.3 is 14.5 Å². The summed E-state index contributed by atoms with van der Waals surface area (Å²) in [6, 6.07) is 6.45. The summed E-state index contributed by atoms with van der Waals surface area (Å²) in [5.74, 6) is 2.06. The largest absolute Gasteiger partial charge is 0.380 e. The second kappa shape index (κ2) is 7.84. The number of halogens is 2. The maximum atomic E-state index is 13.5. The second-order valence-corrected chi connectivity index (χ2v) is 10.7. The molecule has 4 aliphatic heterocycles. The summed E-state index contributed by atoms with van der Waals surface area (Å²) in [6.07, 6.45) is 2.28. The van der Waals surface area contributed by atoms with Gasteiger partial charge in [0.15, 0.2) is 11.6 Å². The van der Waals surface area contributed by atoms with Crippen LogP contribution in [0.25, 0.3) is 5.69 Å². The van der Waals surface area contributed by atoms with Crippen molar-refractivity contribution in [3.8, 4) is 5.69 Å². The predicted molar refractivity (Wildman–Crippen MR) is 128 cm³/mol.